The van der Waals surface area contributed by atoms with Crippen LogP contribution in [0.1, 0.15) is 65.5 Å². The van der Waals surface area contributed by atoms with Crippen LogP contribution in [0.25, 0.3) is 0 Å². The van der Waals surface area contributed by atoms with Crippen molar-refractivity contribution in [2.24, 2.45) is 0 Å². The predicted octanol–water partition coefficient (Wildman–Crippen LogP) is 14.7. The van der Waals surface area contributed by atoms with Gasteiger partial charge in [0.15, 0.2) is 0 Å². The molecule has 0 heterocycles. The van der Waals surface area contributed by atoms with Crippen molar-refractivity contribution in [1.82, 2.24) is 0 Å². The molecular weight excluding hydrogens is 743 g/mol. The van der Waals surface area contributed by atoms with Crippen LogP contribution in [0, 0.1) is 0 Å². The summed E-state index contributed by atoms with van der Waals surface area (Å²) >= 11 is 1.58. The molecule has 55 heavy (non-hydrogen) atoms. The molecule has 6 rings (SSSR count). The number of rotatable bonds is 18. The van der Waals surface area contributed by atoms with Crippen LogP contribution < -0.4 is 27.1 Å². The second-order valence-corrected chi connectivity index (χ2v) is 17.2. The first-order chi connectivity index (χ1) is 26.6. The van der Waals surface area contributed by atoms with Crippen molar-refractivity contribution in [1.29, 1.82) is 0 Å². The number of hydrogen-bond acceptors (Lipinski definition) is 7. The molecule has 284 valence electrons. The zero-order valence-electron chi connectivity index (χ0n) is 32.2. The second-order valence-electron chi connectivity index (χ2n) is 14.1. The number of benzene rings is 6. The highest BCUT2D eigenvalue weighted by molar-refractivity contribution is 7.99. The lowest BCUT2D eigenvalue weighted by Crippen LogP contribution is -2.16. The Morgan fingerprint density at radius 1 is 0.400 bits per heavy atom. The van der Waals surface area contributed by atoms with Gasteiger partial charge in [0, 0.05) is 0 Å². The van der Waals surface area contributed by atoms with Crippen LogP contribution in [-0.4, -0.2) is 0 Å². The van der Waals surface area contributed by atoms with Gasteiger partial charge in [0.25, 0.3) is 0 Å². The van der Waals surface area contributed by atoms with Crippen LogP contribution >= 0.6 is 29.0 Å². The summed E-state index contributed by atoms with van der Waals surface area (Å²) in [6, 6.07) is 51.2. The Bertz CT molecular complexity index is 1850. The molecule has 0 unspecified atom stereocenters. The summed E-state index contributed by atoms with van der Waals surface area (Å²) in [6.07, 6.45) is 1.93. The highest BCUT2D eigenvalue weighted by atomic mass is 32.2. The fourth-order valence-corrected chi connectivity index (χ4v) is 8.43. The summed E-state index contributed by atoms with van der Waals surface area (Å²) in [4.78, 5) is 1.79. The van der Waals surface area contributed by atoms with Crippen LogP contribution in [0.2, 0.25) is 0 Å². The van der Waals surface area contributed by atoms with E-state index in [1.54, 1.807) is 11.8 Å². The summed E-state index contributed by atoms with van der Waals surface area (Å²) in [5, 5.41) is 0. The molecule has 0 aromatic heterocycles. The standard InChI is InChI=1S/C46H48O6P2S/c1-7-45(3,4)35-29-31-41(51-53(47-37-21-13-9-14-22-37)48-38-23-15-10-16-24-38)43(33-35)55-44-34-36(46(5,6)8-2)30-32-42(44)52-54(49-39-25-17-11-18-26-39)50-40-27-19-12-20-28-40/h9-34H,7-8H2,1-6H3. The molecule has 6 nitrogen and oxygen atoms in total. The van der Waals surface area contributed by atoms with Gasteiger partial charge in [0.2, 0.25) is 0 Å². The molecule has 0 aliphatic rings. The summed E-state index contributed by atoms with van der Waals surface area (Å²) < 4.78 is 39.0. The van der Waals surface area contributed by atoms with Crippen molar-refractivity contribution in [2.75, 3.05) is 0 Å². The Hall–Kier alpha value is -4.67. The van der Waals surface area contributed by atoms with E-state index in [1.165, 1.54) is 11.1 Å². The second kappa shape index (κ2) is 18.8. The highest BCUT2D eigenvalue weighted by Crippen LogP contribution is 2.51. The van der Waals surface area contributed by atoms with Crippen molar-refractivity contribution in [3.8, 4) is 34.5 Å². The molecule has 0 spiro atoms. The molecule has 0 fully saturated rings. The third-order valence-corrected chi connectivity index (χ3v) is 12.7. The molecular formula is C46H48O6P2S. The molecule has 0 saturated heterocycles. The molecule has 6 aromatic carbocycles. The minimum absolute atomic E-state index is 0.0770. The molecule has 0 aliphatic heterocycles. The van der Waals surface area contributed by atoms with Crippen molar-refractivity contribution in [3.05, 3.63) is 169 Å². The van der Waals surface area contributed by atoms with Crippen LogP contribution in [0.5, 0.6) is 34.5 Å². The maximum absolute atomic E-state index is 6.74. The lowest BCUT2D eigenvalue weighted by Gasteiger charge is -2.27. The fraction of sp³-hybridized carbons (Fsp3) is 0.217. The van der Waals surface area contributed by atoms with E-state index in [2.05, 4.69) is 65.8 Å². The first kappa shape index (κ1) is 40.0. The molecule has 9 heteroatoms. The van der Waals surface area contributed by atoms with Crippen LogP contribution in [-0.2, 0) is 10.8 Å². The molecule has 0 bridgehead atoms. The first-order valence-electron chi connectivity index (χ1n) is 18.5. The average molecular weight is 791 g/mol. The first-order valence-corrected chi connectivity index (χ1v) is 21.5. The van der Waals surface area contributed by atoms with E-state index in [4.69, 9.17) is 27.1 Å². The molecule has 0 saturated carbocycles. The van der Waals surface area contributed by atoms with Gasteiger partial charge >= 0.3 is 17.2 Å². The SMILES string of the molecule is CCC(C)(C)c1ccc(OP(Oc2ccccc2)Oc2ccccc2)c(Sc2cc(C(C)(C)CC)ccc2OP(Oc2ccccc2)Oc2ccccc2)c1. The molecule has 0 radical (unpaired) electrons. The maximum Gasteiger partial charge on any atom is 0.530 e. The van der Waals surface area contributed by atoms with Crippen molar-refractivity contribution in [3.63, 3.8) is 0 Å². The summed E-state index contributed by atoms with van der Waals surface area (Å²) in [7, 11) is -3.82. The van der Waals surface area contributed by atoms with Crippen LogP contribution in [0.4, 0.5) is 0 Å². The van der Waals surface area contributed by atoms with E-state index >= 15 is 0 Å². The Morgan fingerprint density at radius 3 is 0.964 bits per heavy atom. The third-order valence-electron chi connectivity index (χ3n) is 9.48. The van der Waals surface area contributed by atoms with E-state index in [1.807, 2.05) is 133 Å². The summed E-state index contributed by atoms with van der Waals surface area (Å²) in [5.41, 5.74) is 2.23. The summed E-state index contributed by atoms with van der Waals surface area (Å²) in [6.45, 7) is 13.5. The minimum Gasteiger partial charge on any atom is -0.409 e. The van der Waals surface area contributed by atoms with Gasteiger partial charge in [0.05, 0.1) is 9.79 Å². The molecule has 0 aliphatic carbocycles. The summed E-state index contributed by atoms with van der Waals surface area (Å²) in [5.74, 6) is 3.87. The van der Waals surface area contributed by atoms with E-state index in [0.29, 0.717) is 34.5 Å². The van der Waals surface area contributed by atoms with Gasteiger partial charge in [-0.1, -0.05) is 138 Å². The van der Waals surface area contributed by atoms with Gasteiger partial charge < -0.3 is 27.1 Å². The van der Waals surface area contributed by atoms with E-state index in [0.717, 1.165) is 22.6 Å². The highest BCUT2D eigenvalue weighted by Gasteiger charge is 2.28. The Balaban J connectivity index is 1.41. The zero-order valence-corrected chi connectivity index (χ0v) is 34.8. The maximum atomic E-state index is 6.74. The predicted molar refractivity (Wildman–Crippen MR) is 227 cm³/mol. The van der Waals surface area contributed by atoms with Gasteiger partial charge in [-0.25, -0.2) is 0 Å². The number of hydrogen-bond donors (Lipinski definition) is 0. The Morgan fingerprint density at radius 2 is 0.691 bits per heavy atom. The fourth-order valence-electron chi connectivity index (χ4n) is 5.24. The van der Waals surface area contributed by atoms with E-state index in [-0.39, 0.29) is 10.8 Å². The molecule has 0 atom stereocenters. The smallest absolute Gasteiger partial charge is 0.409 e. The minimum atomic E-state index is -1.91. The lowest BCUT2D eigenvalue weighted by atomic mass is 9.82. The molecule has 6 aromatic rings. The Kier molecular flexibility index (Phi) is 13.7. The average Bonchev–Trinajstić information content (AvgIpc) is 3.20. The van der Waals surface area contributed by atoms with Crippen LogP contribution in [0.15, 0.2) is 168 Å². The van der Waals surface area contributed by atoms with Gasteiger partial charge in [0.1, 0.15) is 34.5 Å². The van der Waals surface area contributed by atoms with E-state index < -0.39 is 17.2 Å². The van der Waals surface area contributed by atoms with E-state index in [9.17, 15) is 0 Å². The van der Waals surface area contributed by atoms with Gasteiger partial charge in [-0.15, -0.1) is 0 Å². The van der Waals surface area contributed by atoms with Crippen LogP contribution in [0.3, 0.4) is 0 Å². The monoisotopic (exact) mass is 790 g/mol. The van der Waals surface area contributed by atoms with Crippen molar-refractivity contribution in [2.45, 2.75) is 75.0 Å². The van der Waals surface area contributed by atoms with Gasteiger partial charge in [-0.05, 0) is 108 Å². The number of para-hydroxylation sites is 4. The molecule has 0 amide bonds. The quantitative estimate of drug-likeness (QED) is 0.0804. The van der Waals surface area contributed by atoms with Gasteiger partial charge in [-0.3, -0.25) is 0 Å². The molecule has 0 N–H and O–H groups in total. The van der Waals surface area contributed by atoms with Crippen molar-refractivity contribution >= 4 is 29.0 Å². The zero-order chi connectivity index (χ0) is 38.7. The topological polar surface area (TPSA) is 55.4 Å². The van der Waals surface area contributed by atoms with Crippen molar-refractivity contribution < 1.29 is 27.1 Å². The normalized spacial score (nSPS) is 11.6. The third kappa shape index (κ3) is 11.2. The largest absolute Gasteiger partial charge is 0.530 e. The van der Waals surface area contributed by atoms with Gasteiger partial charge in [-0.2, -0.15) is 0 Å². The lowest BCUT2D eigenvalue weighted by molar-refractivity contribution is 0.384. The Labute approximate surface area is 333 Å².